The average Bonchev–Trinajstić information content (AvgIpc) is 2.47. The third-order valence-electron chi connectivity index (χ3n) is 2.79. The molecule has 96 valence electrons. The fraction of sp³-hybridized carbons (Fsp3) is 0.200. The lowest BCUT2D eigenvalue weighted by molar-refractivity contribution is 0.965. The zero-order chi connectivity index (χ0) is 13.5. The number of hydrogen-bond acceptors (Lipinski definition) is 4. The normalized spacial score (nSPS) is 9.89. The summed E-state index contributed by atoms with van der Waals surface area (Å²) in [6, 6.07) is 15.7. The second-order valence-electron chi connectivity index (χ2n) is 4.23. The van der Waals surface area contributed by atoms with Gasteiger partial charge in [0.1, 0.15) is 17.6 Å². The number of pyridine rings is 1. The fourth-order valence-electron chi connectivity index (χ4n) is 1.78. The molecule has 0 spiro atoms. The quantitative estimate of drug-likeness (QED) is 0.854. The van der Waals surface area contributed by atoms with Gasteiger partial charge in [-0.1, -0.05) is 30.3 Å². The molecule has 0 aliphatic heterocycles. The molecule has 0 aliphatic rings. The van der Waals surface area contributed by atoms with Crippen LogP contribution in [0.2, 0.25) is 0 Å². The number of nitrogens with zero attached hydrogens (tertiary/aromatic N) is 2. The van der Waals surface area contributed by atoms with Gasteiger partial charge in [-0.25, -0.2) is 4.98 Å². The Morgan fingerprint density at radius 3 is 2.53 bits per heavy atom. The summed E-state index contributed by atoms with van der Waals surface area (Å²) >= 11 is 0. The summed E-state index contributed by atoms with van der Waals surface area (Å²) < 4.78 is 0. The van der Waals surface area contributed by atoms with Crippen molar-refractivity contribution in [3.05, 3.63) is 59.3 Å². The Morgan fingerprint density at radius 1 is 1.11 bits per heavy atom. The summed E-state index contributed by atoms with van der Waals surface area (Å²) in [7, 11) is 0. The van der Waals surface area contributed by atoms with Crippen molar-refractivity contribution in [2.24, 2.45) is 5.73 Å². The number of aromatic nitrogens is 1. The van der Waals surface area contributed by atoms with E-state index in [1.54, 1.807) is 6.07 Å². The molecule has 4 heteroatoms. The van der Waals surface area contributed by atoms with E-state index >= 15 is 0 Å². The smallest absolute Gasteiger partial charge is 0.142 e. The van der Waals surface area contributed by atoms with Crippen LogP contribution in [-0.4, -0.2) is 11.5 Å². The van der Waals surface area contributed by atoms with Gasteiger partial charge in [0.15, 0.2) is 0 Å². The lowest BCUT2D eigenvalue weighted by atomic mass is 10.1. The number of benzene rings is 1. The number of rotatable bonds is 5. The van der Waals surface area contributed by atoms with Gasteiger partial charge in [0.05, 0.1) is 0 Å². The first-order valence-corrected chi connectivity index (χ1v) is 6.21. The van der Waals surface area contributed by atoms with Crippen LogP contribution in [0, 0.1) is 11.3 Å². The van der Waals surface area contributed by atoms with Gasteiger partial charge in [-0.2, -0.15) is 5.26 Å². The third-order valence-corrected chi connectivity index (χ3v) is 2.79. The Bertz CT molecular complexity index is 569. The van der Waals surface area contributed by atoms with Gasteiger partial charge in [0.2, 0.25) is 0 Å². The second kappa shape index (κ2) is 6.53. The maximum atomic E-state index is 8.78. The first kappa shape index (κ1) is 13.1. The van der Waals surface area contributed by atoms with E-state index in [1.807, 2.05) is 18.2 Å². The van der Waals surface area contributed by atoms with Crippen LogP contribution in [0.4, 0.5) is 5.82 Å². The van der Waals surface area contributed by atoms with Gasteiger partial charge in [-0.05, 0) is 36.2 Å². The maximum absolute atomic E-state index is 8.78. The fourth-order valence-corrected chi connectivity index (χ4v) is 1.78. The van der Waals surface area contributed by atoms with E-state index < -0.39 is 0 Å². The molecule has 0 unspecified atom stereocenters. The summed E-state index contributed by atoms with van der Waals surface area (Å²) in [5.41, 5.74) is 8.35. The van der Waals surface area contributed by atoms with Gasteiger partial charge < -0.3 is 11.1 Å². The zero-order valence-corrected chi connectivity index (χ0v) is 10.6. The molecule has 4 nitrogen and oxygen atoms in total. The largest absolute Gasteiger partial charge is 0.366 e. The molecule has 0 saturated heterocycles. The monoisotopic (exact) mass is 252 g/mol. The minimum absolute atomic E-state index is 0.420. The Labute approximate surface area is 112 Å². The predicted molar refractivity (Wildman–Crippen MR) is 75.5 cm³/mol. The topological polar surface area (TPSA) is 74.7 Å². The Balaban J connectivity index is 1.96. The third kappa shape index (κ3) is 3.80. The van der Waals surface area contributed by atoms with Crippen molar-refractivity contribution >= 4 is 5.82 Å². The summed E-state index contributed by atoms with van der Waals surface area (Å²) in [4.78, 5) is 4.16. The van der Waals surface area contributed by atoms with Crippen molar-refractivity contribution < 1.29 is 0 Å². The number of nitriles is 1. The molecule has 1 heterocycles. The van der Waals surface area contributed by atoms with E-state index in [0.29, 0.717) is 24.6 Å². The lowest BCUT2D eigenvalue weighted by Gasteiger charge is -2.06. The van der Waals surface area contributed by atoms with Crippen molar-refractivity contribution in [1.82, 2.24) is 4.98 Å². The van der Waals surface area contributed by atoms with E-state index in [9.17, 15) is 0 Å². The maximum Gasteiger partial charge on any atom is 0.142 e. The highest BCUT2D eigenvalue weighted by molar-refractivity contribution is 5.39. The second-order valence-corrected chi connectivity index (χ2v) is 4.23. The molecule has 0 amide bonds. The number of nitrogens with two attached hydrogens (primary N) is 1. The minimum Gasteiger partial charge on any atom is -0.366 e. The van der Waals surface area contributed by atoms with Gasteiger partial charge in [-0.3, -0.25) is 0 Å². The SMILES string of the molecule is N#Cc1cccc(NCc2ccc(CCN)cc2)n1. The minimum atomic E-state index is 0.420. The molecule has 0 radical (unpaired) electrons. The van der Waals surface area contributed by atoms with Crippen LogP contribution < -0.4 is 11.1 Å². The van der Waals surface area contributed by atoms with Crippen LogP contribution in [0.1, 0.15) is 16.8 Å². The van der Waals surface area contributed by atoms with Crippen molar-refractivity contribution in [2.45, 2.75) is 13.0 Å². The molecule has 0 bridgehead atoms. The zero-order valence-electron chi connectivity index (χ0n) is 10.6. The Morgan fingerprint density at radius 2 is 1.84 bits per heavy atom. The Kier molecular flexibility index (Phi) is 4.49. The molecule has 2 rings (SSSR count). The molecule has 1 aromatic carbocycles. The highest BCUT2D eigenvalue weighted by Gasteiger charge is 1.98. The number of anilines is 1. The lowest BCUT2D eigenvalue weighted by Crippen LogP contribution is -2.04. The van der Waals surface area contributed by atoms with Crippen LogP contribution >= 0.6 is 0 Å². The number of hydrogen-bond donors (Lipinski definition) is 2. The van der Waals surface area contributed by atoms with E-state index in [1.165, 1.54) is 11.1 Å². The number of nitrogens with one attached hydrogen (secondary N) is 1. The molecule has 0 saturated carbocycles. The van der Waals surface area contributed by atoms with Crippen molar-refractivity contribution in [2.75, 3.05) is 11.9 Å². The van der Waals surface area contributed by atoms with Gasteiger partial charge >= 0.3 is 0 Å². The average molecular weight is 252 g/mol. The van der Waals surface area contributed by atoms with Crippen molar-refractivity contribution in [3.8, 4) is 6.07 Å². The summed E-state index contributed by atoms with van der Waals surface area (Å²) in [5, 5.41) is 12.0. The van der Waals surface area contributed by atoms with Crippen LogP contribution in [0.15, 0.2) is 42.5 Å². The van der Waals surface area contributed by atoms with E-state index in [2.05, 4.69) is 34.6 Å². The van der Waals surface area contributed by atoms with E-state index in [0.717, 1.165) is 6.42 Å². The molecule has 0 fully saturated rings. The Hall–Kier alpha value is -2.38. The van der Waals surface area contributed by atoms with Crippen LogP contribution in [-0.2, 0) is 13.0 Å². The van der Waals surface area contributed by atoms with Gasteiger partial charge in [0.25, 0.3) is 0 Å². The molecule has 0 atom stereocenters. The highest BCUT2D eigenvalue weighted by atomic mass is 15.0. The molecule has 3 N–H and O–H groups in total. The molecule has 0 aliphatic carbocycles. The van der Waals surface area contributed by atoms with Crippen LogP contribution in [0.25, 0.3) is 0 Å². The first-order chi connectivity index (χ1) is 9.31. The predicted octanol–water partition coefficient (Wildman–Crippen LogP) is 2.07. The summed E-state index contributed by atoms with van der Waals surface area (Å²) in [6.45, 7) is 1.35. The molecule has 2 aromatic rings. The van der Waals surface area contributed by atoms with Crippen molar-refractivity contribution in [1.29, 1.82) is 5.26 Å². The van der Waals surface area contributed by atoms with Crippen LogP contribution in [0.3, 0.4) is 0 Å². The molecule has 1 aromatic heterocycles. The molecular weight excluding hydrogens is 236 g/mol. The van der Waals surface area contributed by atoms with Gasteiger partial charge in [-0.15, -0.1) is 0 Å². The highest BCUT2D eigenvalue weighted by Crippen LogP contribution is 2.09. The molecular formula is C15H16N4. The summed E-state index contributed by atoms with van der Waals surface area (Å²) in [6.07, 6.45) is 0.902. The first-order valence-electron chi connectivity index (χ1n) is 6.21. The van der Waals surface area contributed by atoms with E-state index in [4.69, 9.17) is 11.0 Å². The van der Waals surface area contributed by atoms with Crippen molar-refractivity contribution in [3.63, 3.8) is 0 Å². The van der Waals surface area contributed by atoms with E-state index in [-0.39, 0.29) is 0 Å². The van der Waals surface area contributed by atoms with Gasteiger partial charge in [0, 0.05) is 6.54 Å². The summed E-state index contributed by atoms with van der Waals surface area (Å²) in [5.74, 6) is 0.713. The van der Waals surface area contributed by atoms with Crippen LogP contribution in [0.5, 0.6) is 0 Å². The molecule has 19 heavy (non-hydrogen) atoms. The standard InChI is InChI=1S/C15H16N4/c16-9-8-12-4-6-13(7-5-12)11-18-15-3-1-2-14(10-17)19-15/h1-7H,8-9,11,16H2,(H,18,19).